The van der Waals surface area contributed by atoms with Crippen molar-refractivity contribution in [2.75, 3.05) is 24.2 Å². The van der Waals surface area contributed by atoms with Crippen molar-refractivity contribution in [3.8, 4) is 0 Å². The average Bonchev–Trinajstić information content (AvgIpc) is 3.38. The summed E-state index contributed by atoms with van der Waals surface area (Å²) >= 11 is 7.01. The molecule has 3 atom stereocenters. The summed E-state index contributed by atoms with van der Waals surface area (Å²) in [4.78, 5) is 17.5. The van der Waals surface area contributed by atoms with Crippen molar-refractivity contribution in [3.63, 3.8) is 0 Å². The standard InChI is InChI=1S/C19H21BrN4OS2/c20-17-3-4-18(23-22-17)21-14-2-1-11-8-24(9-13(11)14)19(25)16-7-12-10-26-6-5-15(12)27-16/h3-4,7,11,13-14H,1-2,5-6,8-10H2,(H,21,23)/t11-,13+,14+/m0/s1. The highest BCUT2D eigenvalue weighted by atomic mass is 79.9. The molecule has 1 amide bonds. The summed E-state index contributed by atoms with van der Waals surface area (Å²) in [6.07, 6.45) is 3.43. The van der Waals surface area contributed by atoms with Gasteiger partial charge in [-0.2, -0.15) is 11.8 Å². The van der Waals surface area contributed by atoms with E-state index in [9.17, 15) is 4.79 Å². The Labute approximate surface area is 175 Å². The SMILES string of the molecule is O=C(c1cc2c(s1)CCSC2)N1C[C@@H]2CC[C@@H](Nc3ccc(Br)nn3)[C@@H]2C1. The third kappa shape index (κ3) is 3.51. The van der Waals surface area contributed by atoms with E-state index in [0.717, 1.165) is 47.0 Å². The Morgan fingerprint density at radius 2 is 2.19 bits per heavy atom. The van der Waals surface area contributed by atoms with Gasteiger partial charge in [0.05, 0.1) is 4.88 Å². The number of nitrogens with zero attached hydrogens (tertiary/aromatic N) is 3. The lowest BCUT2D eigenvalue weighted by molar-refractivity contribution is 0.0784. The Hall–Kier alpha value is -1.12. The van der Waals surface area contributed by atoms with Crippen LogP contribution in [0.15, 0.2) is 22.8 Å². The lowest BCUT2D eigenvalue weighted by Gasteiger charge is -2.21. The van der Waals surface area contributed by atoms with Crippen molar-refractivity contribution < 1.29 is 4.79 Å². The number of rotatable bonds is 3. The minimum atomic E-state index is 0.232. The fraction of sp³-hybridized carbons (Fsp3) is 0.526. The number of likely N-dealkylation sites (tertiary alicyclic amines) is 1. The molecule has 0 unspecified atom stereocenters. The van der Waals surface area contributed by atoms with Crippen LogP contribution in [0.4, 0.5) is 5.82 Å². The molecule has 1 aliphatic carbocycles. The number of halogens is 1. The number of carbonyl (C=O) groups is 1. The largest absolute Gasteiger partial charge is 0.365 e. The molecule has 4 heterocycles. The van der Waals surface area contributed by atoms with Crippen LogP contribution in [0.1, 0.15) is 33.0 Å². The first-order valence-electron chi connectivity index (χ1n) is 9.42. The van der Waals surface area contributed by atoms with Gasteiger partial charge in [0.15, 0.2) is 0 Å². The molecule has 1 saturated carbocycles. The number of amides is 1. The molecule has 0 bridgehead atoms. The van der Waals surface area contributed by atoms with E-state index in [0.29, 0.717) is 17.9 Å². The maximum Gasteiger partial charge on any atom is 0.263 e. The zero-order valence-electron chi connectivity index (χ0n) is 14.9. The topological polar surface area (TPSA) is 58.1 Å². The van der Waals surface area contributed by atoms with Gasteiger partial charge in [-0.1, -0.05) is 0 Å². The highest BCUT2D eigenvalue weighted by Crippen LogP contribution is 2.41. The van der Waals surface area contributed by atoms with Crippen molar-refractivity contribution in [2.24, 2.45) is 11.8 Å². The lowest BCUT2D eigenvalue weighted by atomic mass is 9.98. The van der Waals surface area contributed by atoms with Crippen LogP contribution in [-0.2, 0) is 12.2 Å². The van der Waals surface area contributed by atoms with Gasteiger partial charge in [0.1, 0.15) is 10.4 Å². The van der Waals surface area contributed by atoms with Gasteiger partial charge < -0.3 is 10.2 Å². The second kappa shape index (κ2) is 7.37. The van der Waals surface area contributed by atoms with Gasteiger partial charge in [-0.3, -0.25) is 4.79 Å². The predicted molar refractivity (Wildman–Crippen MR) is 113 cm³/mol. The fourth-order valence-corrected chi connectivity index (χ4v) is 7.15. The molecule has 142 valence electrons. The van der Waals surface area contributed by atoms with Crippen LogP contribution >= 0.6 is 39.0 Å². The monoisotopic (exact) mass is 464 g/mol. The molecule has 8 heteroatoms. The van der Waals surface area contributed by atoms with Gasteiger partial charge in [0.2, 0.25) is 0 Å². The molecular weight excluding hydrogens is 444 g/mol. The van der Waals surface area contributed by atoms with Crippen molar-refractivity contribution in [1.82, 2.24) is 15.1 Å². The van der Waals surface area contributed by atoms with E-state index in [1.165, 1.54) is 22.6 Å². The number of hydrogen-bond donors (Lipinski definition) is 1. The van der Waals surface area contributed by atoms with Crippen LogP contribution in [0, 0.1) is 11.8 Å². The zero-order valence-corrected chi connectivity index (χ0v) is 18.1. The molecule has 0 aromatic carbocycles. The maximum atomic E-state index is 13.1. The Kier molecular flexibility index (Phi) is 4.90. The third-order valence-corrected chi connectivity index (χ3v) is 8.60. The minimum Gasteiger partial charge on any atom is -0.365 e. The number of aromatic nitrogens is 2. The molecule has 1 N–H and O–H groups in total. The first-order valence-corrected chi connectivity index (χ1v) is 12.2. The molecule has 2 aromatic rings. The quantitative estimate of drug-likeness (QED) is 0.741. The van der Waals surface area contributed by atoms with Gasteiger partial charge in [0, 0.05) is 35.7 Å². The average molecular weight is 465 g/mol. The van der Waals surface area contributed by atoms with Crippen molar-refractivity contribution >= 4 is 50.8 Å². The van der Waals surface area contributed by atoms with E-state index < -0.39 is 0 Å². The predicted octanol–water partition coefficient (Wildman–Crippen LogP) is 4.05. The Bertz CT molecular complexity index is 832. The summed E-state index contributed by atoms with van der Waals surface area (Å²) in [6, 6.07) is 6.38. The summed E-state index contributed by atoms with van der Waals surface area (Å²) < 4.78 is 0.743. The number of thioether (sulfide) groups is 1. The number of hydrogen-bond acceptors (Lipinski definition) is 6. The second-order valence-electron chi connectivity index (χ2n) is 7.57. The van der Waals surface area contributed by atoms with Gasteiger partial charge in [0.25, 0.3) is 5.91 Å². The van der Waals surface area contributed by atoms with E-state index in [1.54, 1.807) is 11.3 Å². The van der Waals surface area contributed by atoms with Crippen LogP contribution in [0.25, 0.3) is 0 Å². The highest BCUT2D eigenvalue weighted by Gasteiger charge is 2.44. The number of aryl methyl sites for hydroxylation is 1. The molecule has 5 nitrogen and oxygen atoms in total. The minimum absolute atomic E-state index is 0.232. The number of nitrogens with one attached hydrogen (secondary N) is 1. The first-order chi connectivity index (χ1) is 13.2. The Morgan fingerprint density at radius 1 is 1.26 bits per heavy atom. The van der Waals surface area contributed by atoms with Crippen LogP contribution in [0.3, 0.4) is 0 Å². The van der Waals surface area contributed by atoms with Crippen LogP contribution < -0.4 is 5.32 Å². The molecular formula is C19H21BrN4OS2. The molecule has 2 aromatic heterocycles. The number of anilines is 1. The summed E-state index contributed by atoms with van der Waals surface area (Å²) in [6.45, 7) is 1.74. The first kappa shape index (κ1) is 17.9. The van der Waals surface area contributed by atoms with Crippen LogP contribution in [0.2, 0.25) is 0 Å². The van der Waals surface area contributed by atoms with Crippen molar-refractivity contribution in [2.45, 2.75) is 31.1 Å². The second-order valence-corrected chi connectivity index (χ2v) is 10.6. The summed E-state index contributed by atoms with van der Waals surface area (Å²) in [5.74, 6) is 4.39. The molecule has 2 fully saturated rings. The molecule has 5 rings (SSSR count). The summed E-state index contributed by atoms with van der Waals surface area (Å²) in [7, 11) is 0. The summed E-state index contributed by atoms with van der Waals surface area (Å²) in [5.41, 5.74) is 1.38. The smallest absolute Gasteiger partial charge is 0.263 e. The Balaban J connectivity index is 1.27. The van der Waals surface area contributed by atoms with Gasteiger partial charge in [-0.25, -0.2) is 0 Å². The van der Waals surface area contributed by atoms with Crippen LogP contribution in [0.5, 0.6) is 0 Å². The highest BCUT2D eigenvalue weighted by molar-refractivity contribution is 9.10. The van der Waals surface area contributed by atoms with E-state index in [1.807, 2.05) is 23.9 Å². The third-order valence-electron chi connectivity index (χ3n) is 5.95. The van der Waals surface area contributed by atoms with Gasteiger partial charge in [-0.15, -0.1) is 21.5 Å². The lowest BCUT2D eigenvalue weighted by Crippen LogP contribution is -2.33. The maximum absolute atomic E-state index is 13.1. The van der Waals surface area contributed by atoms with Gasteiger partial charge >= 0.3 is 0 Å². The molecule has 3 aliphatic rings. The Morgan fingerprint density at radius 3 is 3.00 bits per heavy atom. The van der Waals surface area contributed by atoms with Crippen molar-refractivity contribution in [1.29, 1.82) is 0 Å². The molecule has 1 saturated heterocycles. The number of thiophene rings is 1. The van der Waals surface area contributed by atoms with Crippen molar-refractivity contribution in [3.05, 3.63) is 38.1 Å². The molecule has 2 aliphatic heterocycles. The molecule has 0 spiro atoms. The van der Waals surface area contributed by atoms with E-state index in [4.69, 9.17) is 0 Å². The number of carbonyl (C=O) groups excluding carboxylic acids is 1. The molecule has 0 radical (unpaired) electrons. The fourth-order valence-electron chi connectivity index (χ4n) is 4.60. The molecule has 27 heavy (non-hydrogen) atoms. The zero-order chi connectivity index (χ0) is 18.4. The normalized spacial score (nSPS) is 26.7. The summed E-state index contributed by atoms with van der Waals surface area (Å²) in [5, 5.41) is 11.8. The van der Waals surface area contributed by atoms with E-state index in [2.05, 4.69) is 42.4 Å². The van der Waals surface area contributed by atoms with E-state index in [-0.39, 0.29) is 5.91 Å². The van der Waals surface area contributed by atoms with Crippen LogP contribution in [-0.4, -0.2) is 45.9 Å². The van der Waals surface area contributed by atoms with E-state index >= 15 is 0 Å². The number of fused-ring (bicyclic) bond motifs is 2. The van der Waals surface area contributed by atoms with Gasteiger partial charge in [-0.05, 0) is 70.6 Å².